The molecule has 15 heavy (non-hydrogen) atoms. The zero-order valence-corrected chi connectivity index (χ0v) is 9.58. The smallest absolute Gasteiger partial charge is 0.216 e. The number of nitrogens with one attached hydrogen (secondary N) is 1. The first kappa shape index (κ1) is 12.0. The highest BCUT2D eigenvalue weighted by molar-refractivity contribution is 5.31. The number of aryl methyl sites for hydroxylation is 2. The number of ether oxygens (including phenoxy) is 1. The fourth-order valence-electron chi connectivity index (χ4n) is 1.62. The number of aliphatic hydroxyl groups excluding tert-OH is 1. The van der Waals surface area contributed by atoms with Crippen LogP contribution in [0, 0.1) is 0 Å². The van der Waals surface area contributed by atoms with Gasteiger partial charge in [0.05, 0.1) is 25.0 Å². The van der Waals surface area contributed by atoms with E-state index in [1.54, 1.807) is 11.8 Å². The number of nitrogens with zero attached hydrogens (tertiary/aromatic N) is 2. The van der Waals surface area contributed by atoms with Gasteiger partial charge in [0.2, 0.25) is 5.88 Å². The highest BCUT2D eigenvalue weighted by Crippen LogP contribution is 2.21. The average molecular weight is 213 g/mol. The summed E-state index contributed by atoms with van der Waals surface area (Å²) in [5, 5.41) is 16.2. The molecule has 0 unspecified atom stereocenters. The van der Waals surface area contributed by atoms with Crippen LogP contribution in [0.3, 0.4) is 0 Å². The van der Waals surface area contributed by atoms with E-state index in [9.17, 15) is 0 Å². The molecule has 0 amide bonds. The van der Waals surface area contributed by atoms with Gasteiger partial charge in [0.1, 0.15) is 0 Å². The Labute approximate surface area is 90.1 Å². The highest BCUT2D eigenvalue weighted by Gasteiger charge is 2.14. The second-order valence-electron chi connectivity index (χ2n) is 3.31. The lowest BCUT2D eigenvalue weighted by Gasteiger charge is -2.06. The number of hydrogen-bond acceptors (Lipinski definition) is 4. The molecule has 1 heterocycles. The van der Waals surface area contributed by atoms with E-state index < -0.39 is 0 Å². The summed E-state index contributed by atoms with van der Waals surface area (Å²) < 4.78 is 7.03. The number of methoxy groups -OCH3 is 1. The van der Waals surface area contributed by atoms with Gasteiger partial charge in [-0.2, -0.15) is 5.10 Å². The molecule has 5 nitrogen and oxygen atoms in total. The van der Waals surface area contributed by atoms with Crippen molar-refractivity contribution in [2.24, 2.45) is 7.05 Å². The standard InChI is InChI=1S/C10H19N3O2/c1-4-9-8(7-11-5-6-14)10(15-3)13(2)12-9/h11,14H,4-7H2,1-3H3. The minimum Gasteiger partial charge on any atom is -0.481 e. The van der Waals surface area contributed by atoms with Crippen LogP contribution in [0.15, 0.2) is 0 Å². The maximum absolute atomic E-state index is 8.69. The second kappa shape index (κ2) is 5.72. The first-order valence-corrected chi connectivity index (χ1v) is 5.14. The van der Waals surface area contributed by atoms with Crippen LogP contribution < -0.4 is 10.1 Å². The third-order valence-corrected chi connectivity index (χ3v) is 2.29. The van der Waals surface area contributed by atoms with Gasteiger partial charge in [0.15, 0.2) is 0 Å². The highest BCUT2D eigenvalue weighted by atomic mass is 16.5. The molecule has 0 aliphatic carbocycles. The van der Waals surface area contributed by atoms with E-state index in [0.717, 1.165) is 23.6 Å². The minimum absolute atomic E-state index is 0.143. The fraction of sp³-hybridized carbons (Fsp3) is 0.700. The van der Waals surface area contributed by atoms with Gasteiger partial charge < -0.3 is 15.2 Å². The molecule has 0 bridgehead atoms. The molecule has 5 heteroatoms. The van der Waals surface area contributed by atoms with Crippen molar-refractivity contribution in [3.05, 3.63) is 11.3 Å². The predicted octanol–water partition coefficient (Wildman–Crippen LogP) is 0.0730. The number of aromatic nitrogens is 2. The maximum atomic E-state index is 8.69. The van der Waals surface area contributed by atoms with Gasteiger partial charge in [0, 0.05) is 20.1 Å². The SMILES string of the molecule is CCc1nn(C)c(OC)c1CNCCO. The summed E-state index contributed by atoms with van der Waals surface area (Å²) in [6, 6.07) is 0. The molecule has 86 valence electrons. The molecule has 0 saturated heterocycles. The lowest BCUT2D eigenvalue weighted by molar-refractivity contribution is 0.291. The summed E-state index contributed by atoms with van der Waals surface area (Å²) in [6.07, 6.45) is 0.882. The van der Waals surface area contributed by atoms with E-state index in [4.69, 9.17) is 9.84 Å². The van der Waals surface area contributed by atoms with Crippen molar-refractivity contribution in [3.63, 3.8) is 0 Å². The van der Waals surface area contributed by atoms with E-state index in [2.05, 4.69) is 17.3 Å². The summed E-state index contributed by atoms with van der Waals surface area (Å²) in [4.78, 5) is 0. The van der Waals surface area contributed by atoms with E-state index in [0.29, 0.717) is 13.1 Å². The van der Waals surface area contributed by atoms with Crippen molar-refractivity contribution < 1.29 is 9.84 Å². The van der Waals surface area contributed by atoms with Crippen LogP contribution in [0.4, 0.5) is 0 Å². The Hall–Kier alpha value is -1.07. The normalized spacial score (nSPS) is 10.7. The van der Waals surface area contributed by atoms with Crippen LogP contribution in [0.2, 0.25) is 0 Å². The van der Waals surface area contributed by atoms with E-state index in [-0.39, 0.29) is 6.61 Å². The van der Waals surface area contributed by atoms with Crippen molar-refractivity contribution >= 4 is 0 Å². The van der Waals surface area contributed by atoms with E-state index >= 15 is 0 Å². The first-order valence-electron chi connectivity index (χ1n) is 5.14. The molecule has 0 radical (unpaired) electrons. The molecule has 0 aromatic carbocycles. The Morgan fingerprint density at radius 3 is 2.80 bits per heavy atom. The lowest BCUT2D eigenvalue weighted by atomic mass is 10.2. The molecule has 0 spiro atoms. The zero-order chi connectivity index (χ0) is 11.3. The monoisotopic (exact) mass is 213 g/mol. The van der Waals surface area contributed by atoms with Crippen molar-refractivity contribution in [2.75, 3.05) is 20.3 Å². The summed E-state index contributed by atoms with van der Waals surface area (Å²) >= 11 is 0. The van der Waals surface area contributed by atoms with Crippen molar-refractivity contribution in [2.45, 2.75) is 19.9 Å². The zero-order valence-electron chi connectivity index (χ0n) is 9.58. The van der Waals surface area contributed by atoms with Gasteiger partial charge in [-0.15, -0.1) is 0 Å². The number of aliphatic hydroxyl groups is 1. The van der Waals surface area contributed by atoms with Crippen LogP contribution >= 0.6 is 0 Å². The Morgan fingerprint density at radius 1 is 1.53 bits per heavy atom. The van der Waals surface area contributed by atoms with E-state index in [1.807, 2.05) is 7.05 Å². The van der Waals surface area contributed by atoms with Gasteiger partial charge in [-0.3, -0.25) is 0 Å². The van der Waals surface area contributed by atoms with Crippen LogP contribution in [-0.4, -0.2) is 35.1 Å². The van der Waals surface area contributed by atoms with Crippen LogP contribution in [0.1, 0.15) is 18.2 Å². The third kappa shape index (κ3) is 2.70. The molecule has 0 atom stereocenters. The van der Waals surface area contributed by atoms with Crippen molar-refractivity contribution in [1.82, 2.24) is 15.1 Å². The number of rotatable bonds is 6. The third-order valence-electron chi connectivity index (χ3n) is 2.29. The van der Waals surface area contributed by atoms with E-state index in [1.165, 1.54) is 0 Å². The van der Waals surface area contributed by atoms with Gasteiger partial charge in [-0.05, 0) is 6.42 Å². The fourth-order valence-corrected chi connectivity index (χ4v) is 1.62. The van der Waals surface area contributed by atoms with Crippen LogP contribution in [0.25, 0.3) is 0 Å². The van der Waals surface area contributed by atoms with Crippen LogP contribution in [0.5, 0.6) is 5.88 Å². The molecule has 1 aromatic rings. The molecule has 2 N–H and O–H groups in total. The Balaban J connectivity index is 2.81. The van der Waals surface area contributed by atoms with Crippen LogP contribution in [-0.2, 0) is 20.0 Å². The molecular formula is C10H19N3O2. The first-order chi connectivity index (χ1) is 7.24. The molecule has 0 aliphatic rings. The molecular weight excluding hydrogens is 194 g/mol. The Kier molecular flexibility index (Phi) is 4.58. The summed E-state index contributed by atoms with van der Waals surface area (Å²) in [7, 11) is 3.51. The summed E-state index contributed by atoms with van der Waals surface area (Å²) in [5.41, 5.74) is 2.12. The Bertz CT molecular complexity index is 310. The van der Waals surface area contributed by atoms with Gasteiger partial charge in [-0.25, -0.2) is 4.68 Å². The largest absolute Gasteiger partial charge is 0.481 e. The van der Waals surface area contributed by atoms with Crippen molar-refractivity contribution in [1.29, 1.82) is 0 Å². The van der Waals surface area contributed by atoms with Gasteiger partial charge in [0.25, 0.3) is 0 Å². The molecule has 1 aromatic heterocycles. The molecule has 0 aliphatic heterocycles. The molecule has 0 saturated carbocycles. The Morgan fingerprint density at radius 2 is 2.27 bits per heavy atom. The summed E-state index contributed by atoms with van der Waals surface area (Å²) in [6.45, 7) is 3.48. The van der Waals surface area contributed by atoms with Gasteiger partial charge in [-0.1, -0.05) is 6.92 Å². The van der Waals surface area contributed by atoms with Gasteiger partial charge >= 0.3 is 0 Å². The molecule has 0 fully saturated rings. The summed E-state index contributed by atoms with van der Waals surface area (Å²) in [5.74, 6) is 0.789. The number of hydrogen-bond donors (Lipinski definition) is 2. The lowest BCUT2D eigenvalue weighted by Crippen LogP contribution is -2.18. The maximum Gasteiger partial charge on any atom is 0.216 e. The quantitative estimate of drug-likeness (QED) is 0.657. The second-order valence-corrected chi connectivity index (χ2v) is 3.31. The predicted molar refractivity (Wildman–Crippen MR) is 57.9 cm³/mol. The molecule has 1 rings (SSSR count). The van der Waals surface area contributed by atoms with Crippen molar-refractivity contribution in [3.8, 4) is 5.88 Å². The minimum atomic E-state index is 0.143. The average Bonchev–Trinajstić information content (AvgIpc) is 2.55. The topological polar surface area (TPSA) is 59.3 Å².